The average Bonchev–Trinajstić information content (AvgIpc) is 3.46. The van der Waals surface area contributed by atoms with Crippen LogP contribution in [0.1, 0.15) is 44.7 Å². The van der Waals surface area contributed by atoms with E-state index in [2.05, 4.69) is 22.3 Å². The summed E-state index contributed by atoms with van der Waals surface area (Å²) in [5, 5.41) is 6.95. The molecule has 2 aromatic rings. The Balaban J connectivity index is 1.13. The van der Waals surface area contributed by atoms with Crippen molar-refractivity contribution in [2.45, 2.75) is 51.7 Å². The third-order valence-corrected chi connectivity index (χ3v) is 5.86. The van der Waals surface area contributed by atoms with Crippen LogP contribution in [0.4, 0.5) is 0 Å². The van der Waals surface area contributed by atoms with Gasteiger partial charge in [0.1, 0.15) is 12.3 Å². The molecule has 2 aliphatic rings. The van der Waals surface area contributed by atoms with Crippen LogP contribution >= 0.6 is 0 Å². The number of benzene rings is 1. The number of nitrogens with zero attached hydrogens (tertiary/aromatic N) is 2. The van der Waals surface area contributed by atoms with E-state index in [4.69, 9.17) is 18.7 Å². The molecule has 1 aromatic heterocycles. The van der Waals surface area contributed by atoms with Gasteiger partial charge in [-0.25, -0.2) is 0 Å². The second kappa shape index (κ2) is 10.6. The maximum Gasteiger partial charge on any atom is 0.246 e. The SMILES string of the molecule is CC[C@H]1CCCCN1CCCNC(=O)COCc1cc(-c2ccc3c(c2)OCO3)on1. The lowest BCUT2D eigenvalue weighted by atomic mass is 10.00. The van der Waals surface area contributed by atoms with Crippen LogP contribution in [0.2, 0.25) is 0 Å². The molecule has 168 valence electrons. The minimum atomic E-state index is -0.106. The summed E-state index contributed by atoms with van der Waals surface area (Å²) in [5.41, 5.74) is 1.48. The predicted octanol–water partition coefficient (Wildman–Crippen LogP) is 3.36. The lowest BCUT2D eigenvalue weighted by molar-refractivity contribution is -0.126. The topological polar surface area (TPSA) is 86.1 Å². The van der Waals surface area contributed by atoms with Crippen LogP contribution in [0.15, 0.2) is 28.8 Å². The molecule has 3 heterocycles. The Morgan fingerprint density at radius 3 is 3.06 bits per heavy atom. The number of piperidine rings is 1. The fraction of sp³-hybridized carbons (Fsp3) is 0.565. The quantitative estimate of drug-likeness (QED) is 0.580. The summed E-state index contributed by atoms with van der Waals surface area (Å²) in [5.74, 6) is 1.92. The van der Waals surface area contributed by atoms with Crippen LogP contribution in [-0.4, -0.2) is 55.0 Å². The normalized spacial score (nSPS) is 18.3. The molecule has 1 N–H and O–H groups in total. The van der Waals surface area contributed by atoms with E-state index in [1.807, 2.05) is 18.2 Å². The first kappa shape index (κ1) is 21.6. The monoisotopic (exact) mass is 429 g/mol. The maximum absolute atomic E-state index is 12.0. The predicted molar refractivity (Wildman–Crippen MR) is 115 cm³/mol. The molecule has 8 heteroatoms. The number of hydrogen-bond donors (Lipinski definition) is 1. The van der Waals surface area contributed by atoms with Crippen LogP contribution in [0, 0.1) is 0 Å². The smallest absolute Gasteiger partial charge is 0.246 e. The highest BCUT2D eigenvalue weighted by atomic mass is 16.7. The van der Waals surface area contributed by atoms with Crippen LogP contribution in [0.3, 0.4) is 0 Å². The summed E-state index contributed by atoms with van der Waals surface area (Å²) in [6.07, 6.45) is 6.10. The van der Waals surface area contributed by atoms with Gasteiger partial charge in [-0.05, 0) is 50.4 Å². The standard InChI is InChI=1S/C23H31N3O5/c1-2-19-6-3-4-10-26(19)11-5-9-24-23(27)15-28-14-18-13-21(31-25-18)17-7-8-20-22(12-17)30-16-29-20/h7-8,12-13,19H,2-6,9-11,14-16H2,1H3,(H,24,27)/t19-/m0/s1. The highest BCUT2D eigenvalue weighted by Gasteiger charge is 2.20. The Kier molecular flexibility index (Phi) is 7.43. The zero-order valence-corrected chi connectivity index (χ0v) is 18.1. The van der Waals surface area contributed by atoms with Gasteiger partial charge in [0.25, 0.3) is 0 Å². The molecule has 4 rings (SSSR count). The van der Waals surface area contributed by atoms with E-state index < -0.39 is 0 Å². The molecule has 31 heavy (non-hydrogen) atoms. The molecule has 0 unspecified atom stereocenters. The van der Waals surface area contributed by atoms with Crippen LogP contribution in [0.5, 0.6) is 11.5 Å². The molecule has 0 spiro atoms. The Hall–Kier alpha value is -2.58. The Bertz CT molecular complexity index is 869. The van der Waals surface area contributed by atoms with E-state index in [9.17, 15) is 4.79 Å². The third kappa shape index (κ3) is 5.77. The van der Waals surface area contributed by atoms with Crippen molar-refractivity contribution < 1.29 is 23.5 Å². The summed E-state index contributed by atoms with van der Waals surface area (Å²) in [6.45, 7) is 5.61. The van der Waals surface area contributed by atoms with Crippen molar-refractivity contribution in [3.05, 3.63) is 30.0 Å². The summed E-state index contributed by atoms with van der Waals surface area (Å²) < 4.78 is 21.6. The number of carbonyl (C=O) groups is 1. The first-order valence-electron chi connectivity index (χ1n) is 11.2. The minimum Gasteiger partial charge on any atom is -0.454 e. The molecule has 1 saturated heterocycles. The highest BCUT2D eigenvalue weighted by molar-refractivity contribution is 5.77. The summed E-state index contributed by atoms with van der Waals surface area (Å²) in [4.78, 5) is 14.6. The number of hydrogen-bond acceptors (Lipinski definition) is 7. The van der Waals surface area contributed by atoms with Gasteiger partial charge in [-0.3, -0.25) is 4.79 Å². The molecule has 1 aromatic carbocycles. The van der Waals surface area contributed by atoms with Crippen molar-refractivity contribution in [1.29, 1.82) is 0 Å². The van der Waals surface area contributed by atoms with E-state index in [-0.39, 0.29) is 25.9 Å². The molecule has 0 saturated carbocycles. The van der Waals surface area contributed by atoms with Gasteiger partial charge in [-0.15, -0.1) is 0 Å². The van der Waals surface area contributed by atoms with Crippen LogP contribution in [-0.2, 0) is 16.1 Å². The molecular formula is C23H31N3O5. The molecular weight excluding hydrogens is 398 g/mol. The van der Waals surface area contributed by atoms with Gasteiger partial charge in [0.2, 0.25) is 12.7 Å². The Morgan fingerprint density at radius 2 is 2.16 bits per heavy atom. The fourth-order valence-corrected chi connectivity index (χ4v) is 4.19. The largest absolute Gasteiger partial charge is 0.454 e. The molecule has 0 bridgehead atoms. The van der Waals surface area contributed by atoms with Crippen molar-refractivity contribution in [3.8, 4) is 22.8 Å². The molecule has 1 atom stereocenters. The second-order valence-corrected chi connectivity index (χ2v) is 8.04. The molecule has 0 aliphatic carbocycles. The van der Waals surface area contributed by atoms with Crippen molar-refractivity contribution in [2.75, 3.05) is 33.0 Å². The third-order valence-electron chi connectivity index (χ3n) is 5.86. The zero-order valence-electron chi connectivity index (χ0n) is 18.1. The minimum absolute atomic E-state index is 0.00746. The molecule has 0 radical (unpaired) electrons. The van der Waals surface area contributed by atoms with Gasteiger partial charge < -0.3 is 29.0 Å². The van der Waals surface area contributed by atoms with Gasteiger partial charge in [-0.1, -0.05) is 18.5 Å². The van der Waals surface area contributed by atoms with E-state index >= 15 is 0 Å². The molecule has 8 nitrogen and oxygen atoms in total. The Labute approximate surface area is 182 Å². The fourth-order valence-electron chi connectivity index (χ4n) is 4.19. The summed E-state index contributed by atoms with van der Waals surface area (Å²) in [6, 6.07) is 8.09. The first-order valence-corrected chi connectivity index (χ1v) is 11.2. The van der Waals surface area contributed by atoms with E-state index in [1.165, 1.54) is 32.2 Å². The molecule has 1 amide bonds. The number of amides is 1. The number of ether oxygens (including phenoxy) is 3. The molecule has 2 aliphatic heterocycles. The zero-order chi connectivity index (χ0) is 21.5. The average molecular weight is 430 g/mol. The number of aromatic nitrogens is 1. The van der Waals surface area contributed by atoms with Crippen LogP contribution < -0.4 is 14.8 Å². The Morgan fingerprint density at radius 1 is 1.26 bits per heavy atom. The number of fused-ring (bicyclic) bond motifs is 1. The second-order valence-electron chi connectivity index (χ2n) is 8.04. The maximum atomic E-state index is 12.0. The van der Waals surface area contributed by atoms with Crippen molar-refractivity contribution >= 4 is 5.91 Å². The van der Waals surface area contributed by atoms with Crippen molar-refractivity contribution in [1.82, 2.24) is 15.4 Å². The van der Waals surface area contributed by atoms with Crippen molar-refractivity contribution in [3.63, 3.8) is 0 Å². The highest BCUT2D eigenvalue weighted by Crippen LogP contribution is 2.36. The van der Waals surface area contributed by atoms with Gasteiger partial charge in [0.15, 0.2) is 17.3 Å². The number of rotatable bonds is 10. The number of likely N-dealkylation sites (tertiary alicyclic amines) is 1. The van der Waals surface area contributed by atoms with E-state index in [0.29, 0.717) is 29.8 Å². The first-order chi connectivity index (χ1) is 15.2. The van der Waals surface area contributed by atoms with Crippen molar-refractivity contribution in [2.24, 2.45) is 0 Å². The van der Waals surface area contributed by atoms with Gasteiger partial charge in [-0.2, -0.15) is 0 Å². The summed E-state index contributed by atoms with van der Waals surface area (Å²) in [7, 11) is 0. The number of carbonyl (C=O) groups excluding carboxylic acids is 1. The van der Waals surface area contributed by atoms with Gasteiger partial charge in [0, 0.05) is 30.8 Å². The van der Waals surface area contributed by atoms with Gasteiger partial charge in [0.05, 0.1) is 6.61 Å². The number of nitrogens with one attached hydrogen (secondary N) is 1. The lowest BCUT2D eigenvalue weighted by Crippen LogP contribution is -2.40. The van der Waals surface area contributed by atoms with Gasteiger partial charge >= 0.3 is 0 Å². The van der Waals surface area contributed by atoms with E-state index in [1.54, 1.807) is 6.07 Å². The lowest BCUT2D eigenvalue weighted by Gasteiger charge is -2.35. The van der Waals surface area contributed by atoms with Crippen LogP contribution in [0.25, 0.3) is 11.3 Å². The van der Waals surface area contributed by atoms with E-state index in [0.717, 1.165) is 24.3 Å². The summed E-state index contributed by atoms with van der Waals surface area (Å²) >= 11 is 0. The molecule has 1 fully saturated rings.